The highest BCUT2D eigenvalue weighted by atomic mass is 127. The lowest BCUT2D eigenvalue weighted by molar-refractivity contribution is -0.115. The lowest BCUT2D eigenvalue weighted by Gasteiger charge is -2.04. The molecule has 0 atom stereocenters. The molecule has 0 aliphatic carbocycles. The lowest BCUT2D eigenvalue weighted by atomic mass is 10.1. The van der Waals surface area contributed by atoms with Crippen LogP contribution in [0.25, 0.3) is 6.08 Å². The van der Waals surface area contributed by atoms with Crippen molar-refractivity contribution in [3.8, 4) is 0 Å². The van der Waals surface area contributed by atoms with Crippen LogP contribution in [-0.2, 0) is 4.79 Å². The lowest BCUT2D eigenvalue weighted by Crippen LogP contribution is -2.19. The second kappa shape index (κ2) is 6.82. The minimum atomic E-state index is -0.165. The van der Waals surface area contributed by atoms with Crippen LogP contribution in [0.2, 0.25) is 0 Å². The van der Waals surface area contributed by atoms with Gasteiger partial charge in [0.1, 0.15) is 5.76 Å². The van der Waals surface area contributed by atoms with E-state index in [-0.39, 0.29) is 5.91 Å². The van der Waals surface area contributed by atoms with E-state index in [0.29, 0.717) is 15.8 Å². The molecule has 1 N–H and O–H groups in total. The first kappa shape index (κ1) is 16.8. The van der Waals surface area contributed by atoms with Crippen LogP contribution >= 0.6 is 50.3 Å². The fraction of sp³-hybridized carbons (Fsp3) is 0.125. The van der Waals surface area contributed by atoms with Crippen molar-refractivity contribution < 1.29 is 9.21 Å². The van der Waals surface area contributed by atoms with Crippen molar-refractivity contribution >= 4 is 73.1 Å². The number of hydrogen-bond acceptors (Lipinski definition) is 4. The van der Waals surface area contributed by atoms with E-state index >= 15 is 0 Å². The number of aliphatic imine (C=N–C) groups is 1. The summed E-state index contributed by atoms with van der Waals surface area (Å²) in [7, 11) is 0. The van der Waals surface area contributed by atoms with Gasteiger partial charge in [0.05, 0.1) is 15.1 Å². The zero-order chi connectivity index (χ0) is 16.6. The van der Waals surface area contributed by atoms with Gasteiger partial charge in [-0.1, -0.05) is 12.1 Å². The number of carbonyl (C=O) groups is 1. The zero-order valence-corrected chi connectivity index (χ0v) is 16.9. The SMILES string of the molecule is Cc1cccc(N=C2NC(=O)/C(=C/c3cc(Br)c(I)o3)S2)c1C. The second-order valence-corrected chi connectivity index (χ2v) is 7.84. The number of halogens is 2. The molecule has 1 aliphatic rings. The molecule has 1 fully saturated rings. The maximum atomic E-state index is 12.1. The summed E-state index contributed by atoms with van der Waals surface area (Å²) in [6.07, 6.45) is 1.72. The molecule has 118 valence electrons. The van der Waals surface area contributed by atoms with E-state index in [9.17, 15) is 4.79 Å². The van der Waals surface area contributed by atoms with Gasteiger partial charge < -0.3 is 9.73 Å². The van der Waals surface area contributed by atoms with Gasteiger partial charge in [-0.05, 0) is 64.8 Å². The number of aryl methyl sites for hydroxylation is 1. The van der Waals surface area contributed by atoms with Crippen molar-refractivity contribution in [2.45, 2.75) is 13.8 Å². The first-order chi connectivity index (χ1) is 10.9. The molecule has 23 heavy (non-hydrogen) atoms. The summed E-state index contributed by atoms with van der Waals surface area (Å²) in [5, 5.41) is 3.37. The summed E-state index contributed by atoms with van der Waals surface area (Å²) in [6.45, 7) is 4.07. The summed E-state index contributed by atoms with van der Waals surface area (Å²) in [5.41, 5.74) is 3.15. The van der Waals surface area contributed by atoms with Crippen LogP contribution in [-0.4, -0.2) is 11.1 Å². The number of hydrogen-bond donors (Lipinski definition) is 1. The predicted molar refractivity (Wildman–Crippen MR) is 106 cm³/mol. The molecule has 0 saturated carbocycles. The fourth-order valence-corrected chi connectivity index (χ4v) is 3.54. The number of amides is 1. The first-order valence-electron chi connectivity index (χ1n) is 6.74. The van der Waals surface area contributed by atoms with Crippen molar-refractivity contribution in [1.29, 1.82) is 0 Å². The number of nitrogens with one attached hydrogen (secondary N) is 1. The average Bonchev–Trinajstić information content (AvgIpc) is 2.99. The monoisotopic (exact) mass is 502 g/mol. The highest BCUT2D eigenvalue weighted by Gasteiger charge is 2.24. The molecule has 1 aliphatic heterocycles. The Morgan fingerprint density at radius 2 is 2.17 bits per heavy atom. The second-order valence-electron chi connectivity index (χ2n) is 4.97. The van der Waals surface area contributed by atoms with Crippen molar-refractivity contribution in [3.05, 3.63) is 54.3 Å². The Morgan fingerprint density at radius 1 is 1.39 bits per heavy atom. The van der Waals surface area contributed by atoms with Crippen LogP contribution in [0, 0.1) is 17.6 Å². The maximum absolute atomic E-state index is 12.1. The zero-order valence-electron chi connectivity index (χ0n) is 12.3. The van der Waals surface area contributed by atoms with E-state index in [4.69, 9.17) is 4.42 Å². The number of thioether (sulfide) groups is 1. The molecule has 0 bridgehead atoms. The largest absolute Gasteiger partial charge is 0.450 e. The summed E-state index contributed by atoms with van der Waals surface area (Å²) in [6, 6.07) is 7.78. The van der Waals surface area contributed by atoms with Crippen LogP contribution in [0.3, 0.4) is 0 Å². The molecule has 2 heterocycles. The van der Waals surface area contributed by atoms with Crippen LogP contribution < -0.4 is 5.32 Å². The normalized spacial score (nSPS) is 18.0. The summed E-state index contributed by atoms with van der Waals surface area (Å²) in [4.78, 5) is 17.2. The average molecular weight is 503 g/mol. The summed E-state index contributed by atoms with van der Waals surface area (Å²) in [5.74, 6) is 0.466. The van der Waals surface area contributed by atoms with Crippen LogP contribution in [0.1, 0.15) is 16.9 Å². The Bertz CT molecular complexity index is 838. The number of amidine groups is 1. The Hall–Kier alpha value is -1.06. The molecule has 2 aromatic rings. The molecule has 0 radical (unpaired) electrons. The number of furan rings is 1. The number of nitrogens with zero attached hydrogens (tertiary/aromatic N) is 1. The maximum Gasteiger partial charge on any atom is 0.264 e. The standard InChI is InChI=1S/C16H12BrIN2O2S/c1-8-4-3-5-12(9(8)2)19-16-20-15(21)13(23-16)7-10-6-11(17)14(18)22-10/h3-7H,1-2H3,(H,19,20,21)/b13-7-. The number of benzene rings is 1. The summed E-state index contributed by atoms with van der Waals surface area (Å²) >= 11 is 6.79. The van der Waals surface area contributed by atoms with Gasteiger partial charge in [-0.3, -0.25) is 4.79 Å². The third-order valence-corrected chi connectivity index (χ3v) is 6.43. The van der Waals surface area contributed by atoms with Crippen molar-refractivity contribution in [1.82, 2.24) is 5.32 Å². The van der Waals surface area contributed by atoms with E-state index in [2.05, 4.69) is 48.8 Å². The quantitative estimate of drug-likeness (QED) is 0.456. The molecule has 0 spiro atoms. The molecule has 1 saturated heterocycles. The molecule has 1 aromatic carbocycles. The third kappa shape index (κ3) is 3.72. The highest BCUT2D eigenvalue weighted by molar-refractivity contribution is 14.1. The van der Waals surface area contributed by atoms with E-state index in [0.717, 1.165) is 19.5 Å². The van der Waals surface area contributed by atoms with E-state index in [1.54, 1.807) is 6.08 Å². The van der Waals surface area contributed by atoms with Gasteiger partial charge in [-0.15, -0.1) is 0 Å². The molecule has 7 heteroatoms. The van der Waals surface area contributed by atoms with Crippen LogP contribution in [0.5, 0.6) is 0 Å². The van der Waals surface area contributed by atoms with E-state index in [1.807, 2.05) is 38.1 Å². The molecule has 1 amide bonds. The first-order valence-corrected chi connectivity index (χ1v) is 9.43. The Balaban J connectivity index is 1.87. The van der Waals surface area contributed by atoms with E-state index < -0.39 is 0 Å². The topological polar surface area (TPSA) is 54.6 Å². The Morgan fingerprint density at radius 3 is 2.87 bits per heavy atom. The Labute approximate surface area is 160 Å². The van der Waals surface area contributed by atoms with Gasteiger partial charge in [0.15, 0.2) is 8.93 Å². The molecule has 4 nitrogen and oxygen atoms in total. The minimum absolute atomic E-state index is 0.165. The van der Waals surface area contributed by atoms with Gasteiger partial charge in [0, 0.05) is 28.7 Å². The van der Waals surface area contributed by atoms with Gasteiger partial charge in [-0.25, -0.2) is 4.99 Å². The fourth-order valence-electron chi connectivity index (χ4n) is 2.01. The summed E-state index contributed by atoms with van der Waals surface area (Å²) < 4.78 is 7.17. The van der Waals surface area contributed by atoms with Crippen molar-refractivity contribution in [3.63, 3.8) is 0 Å². The van der Waals surface area contributed by atoms with Gasteiger partial charge >= 0.3 is 0 Å². The van der Waals surface area contributed by atoms with E-state index in [1.165, 1.54) is 17.3 Å². The minimum Gasteiger partial charge on any atom is -0.450 e. The van der Waals surface area contributed by atoms with Gasteiger partial charge in [0.2, 0.25) is 0 Å². The Kier molecular flexibility index (Phi) is 4.98. The molecular weight excluding hydrogens is 491 g/mol. The molecule has 0 unspecified atom stereocenters. The van der Waals surface area contributed by atoms with Gasteiger partial charge in [-0.2, -0.15) is 0 Å². The smallest absolute Gasteiger partial charge is 0.264 e. The third-order valence-electron chi connectivity index (χ3n) is 3.39. The number of rotatable bonds is 2. The van der Waals surface area contributed by atoms with Crippen LogP contribution in [0.15, 0.2) is 43.1 Å². The molecular formula is C16H12BrIN2O2S. The van der Waals surface area contributed by atoms with Crippen molar-refractivity contribution in [2.24, 2.45) is 4.99 Å². The highest BCUT2D eigenvalue weighted by Crippen LogP contribution is 2.31. The van der Waals surface area contributed by atoms with Crippen molar-refractivity contribution in [2.75, 3.05) is 0 Å². The molecule has 3 rings (SSSR count). The predicted octanol–water partition coefficient (Wildman–Crippen LogP) is 5.16. The van der Waals surface area contributed by atoms with Crippen LogP contribution in [0.4, 0.5) is 5.69 Å². The molecule has 1 aromatic heterocycles. The van der Waals surface area contributed by atoms with Gasteiger partial charge in [0.25, 0.3) is 5.91 Å². The number of carbonyl (C=O) groups excluding carboxylic acids is 1.